The van der Waals surface area contributed by atoms with Gasteiger partial charge in [-0.3, -0.25) is 0 Å². The van der Waals surface area contributed by atoms with E-state index in [0.29, 0.717) is 22.5 Å². The maximum atomic E-state index is 11.1. The number of fused-ring (bicyclic) bond motifs is 2. The predicted octanol–water partition coefficient (Wildman–Crippen LogP) is 7.11. The van der Waals surface area contributed by atoms with Crippen LogP contribution < -0.4 is 0 Å². The first-order valence-electron chi connectivity index (χ1n) is 9.25. The van der Waals surface area contributed by atoms with E-state index in [1.54, 1.807) is 24.3 Å². The lowest BCUT2D eigenvalue weighted by Gasteiger charge is -2.08. The van der Waals surface area contributed by atoms with Crippen LogP contribution in [0.25, 0.3) is 31.6 Å². The highest BCUT2D eigenvalue weighted by Crippen LogP contribution is 2.45. The van der Waals surface area contributed by atoms with Gasteiger partial charge in [0.15, 0.2) is 5.75 Å². The maximum absolute atomic E-state index is 11.1. The maximum Gasteiger partial charge on any atom is 0.154 e. The zero-order valence-electron chi connectivity index (χ0n) is 15.6. The molecule has 0 atom stereocenters. The van der Waals surface area contributed by atoms with Crippen LogP contribution >= 0.6 is 11.3 Å². The second-order valence-electron chi connectivity index (χ2n) is 6.69. The van der Waals surface area contributed by atoms with Crippen LogP contribution in [-0.4, -0.2) is 10.1 Å². The molecule has 0 radical (unpaired) electrons. The minimum Gasteiger partial charge on any atom is -0.505 e. The van der Waals surface area contributed by atoms with Gasteiger partial charge in [0, 0.05) is 5.39 Å². The molecule has 1 N–H and O–H groups in total. The molecule has 30 heavy (non-hydrogen) atoms. The second-order valence-corrected chi connectivity index (χ2v) is 7.72. The lowest BCUT2D eigenvalue weighted by Crippen LogP contribution is -1.82. The van der Waals surface area contributed by atoms with Gasteiger partial charge in [0.05, 0.1) is 33.1 Å². The molecule has 0 saturated carbocycles. The molecule has 0 aliphatic rings. The van der Waals surface area contributed by atoms with E-state index in [0.717, 1.165) is 26.0 Å². The quantitative estimate of drug-likeness (QED) is 0.324. The van der Waals surface area contributed by atoms with Crippen LogP contribution in [-0.2, 0) is 0 Å². The molecule has 5 rings (SSSR count). The summed E-state index contributed by atoms with van der Waals surface area (Å²) in [7, 11) is 0. The van der Waals surface area contributed by atoms with Crippen molar-refractivity contribution in [1.82, 2.24) is 4.98 Å². The molecular weight excluding hydrogens is 392 g/mol. The third-order valence-electron chi connectivity index (χ3n) is 4.78. The summed E-state index contributed by atoms with van der Waals surface area (Å²) in [5, 5.41) is 31.2. The number of aromatic nitrogens is 1. The van der Waals surface area contributed by atoms with Crippen LogP contribution in [0.3, 0.4) is 0 Å². The van der Waals surface area contributed by atoms with Crippen molar-refractivity contribution in [2.24, 2.45) is 10.2 Å². The van der Waals surface area contributed by atoms with Crippen LogP contribution in [0.1, 0.15) is 5.56 Å². The Bertz CT molecular complexity index is 1430. The molecule has 0 bridgehead atoms. The Morgan fingerprint density at radius 2 is 1.67 bits per heavy atom. The highest BCUT2D eigenvalue weighted by Gasteiger charge is 2.17. The average molecular weight is 406 g/mol. The molecule has 0 fully saturated rings. The van der Waals surface area contributed by atoms with Gasteiger partial charge in [-0.2, -0.15) is 10.4 Å². The van der Waals surface area contributed by atoms with Crippen molar-refractivity contribution in [3.63, 3.8) is 0 Å². The van der Waals surface area contributed by atoms with Gasteiger partial charge in [-0.05, 0) is 47.9 Å². The SMILES string of the molecule is N#Cc1ccc(N=Nc2c(O)c(-c3nc4ccccc4s3)cc3ccccc23)cc1. The summed E-state index contributed by atoms with van der Waals surface area (Å²) in [4.78, 5) is 4.68. The predicted molar refractivity (Wildman–Crippen MR) is 120 cm³/mol. The second kappa shape index (κ2) is 7.39. The summed E-state index contributed by atoms with van der Waals surface area (Å²) in [6.45, 7) is 0. The minimum absolute atomic E-state index is 0.0464. The van der Waals surface area contributed by atoms with Crippen molar-refractivity contribution in [2.75, 3.05) is 0 Å². The van der Waals surface area contributed by atoms with Crippen LogP contribution in [0, 0.1) is 11.3 Å². The normalized spacial score (nSPS) is 11.3. The van der Waals surface area contributed by atoms with E-state index in [4.69, 9.17) is 5.26 Å². The van der Waals surface area contributed by atoms with Crippen molar-refractivity contribution >= 4 is 43.7 Å². The zero-order valence-corrected chi connectivity index (χ0v) is 16.5. The number of azo groups is 1. The standard InChI is InChI=1S/C24H14N4OS/c25-14-15-9-11-17(12-10-15)27-28-22-18-6-2-1-5-16(18)13-19(23(22)29)24-26-20-7-3-4-8-21(20)30-24/h1-13,29H. The fourth-order valence-electron chi connectivity index (χ4n) is 3.28. The zero-order chi connectivity index (χ0) is 20.5. The average Bonchev–Trinajstić information content (AvgIpc) is 3.22. The molecule has 1 aromatic heterocycles. The highest BCUT2D eigenvalue weighted by molar-refractivity contribution is 7.21. The third kappa shape index (κ3) is 3.17. The lowest BCUT2D eigenvalue weighted by molar-refractivity contribution is 0.479. The van der Waals surface area contributed by atoms with Crippen molar-refractivity contribution in [3.05, 3.63) is 84.4 Å². The number of phenols is 1. The van der Waals surface area contributed by atoms with Crippen molar-refractivity contribution in [1.29, 1.82) is 5.26 Å². The number of nitriles is 1. The minimum atomic E-state index is 0.0464. The smallest absolute Gasteiger partial charge is 0.154 e. The highest BCUT2D eigenvalue weighted by atomic mass is 32.1. The van der Waals surface area contributed by atoms with Crippen molar-refractivity contribution in [3.8, 4) is 22.4 Å². The number of aromatic hydroxyl groups is 1. The summed E-state index contributed by atoms with van der Waals surface area (Å²) in [5.41, 5.74) is 3.07. The van der Waals surface area contributed by atoms with Gasteiger partial charge < -0.3 is 5.11 Å². The van der Waals surface area contributed by atoms with Crippen molar-refractivity contribution < 1.29 is 5.11 Å². The number of phenolic OH excluding ortho intramolecular Hbond substituents is 1. The molecule has 5 aromatic rings. The Balaban J connectivity index is 1.67. The first kappa shape index (κ1) is 18.0. The number of thiazole rings is 1. The van der Waals surface area contributed by atoms with E-state index in [9.17, 15) is 5.11 Å². The Morgan fingerprint density at radius 3 is 2.47 bits per heavy atom. The number of hydrogen-bond donors (Lipinski definition) is 1. The van der Waals surface area contributed by atoms with E-state index in [1.807, 2.05) is 54.6 Å². The Hall–Kier alpha value is -4.08. The monoisotopic (exact) mass is 406 g/mol. The van der Waals surface area contributed by atoms with E-state index in [1.165, 1.54) is 11.3 Å². The largest absolute Gasteiger partial charge is 0.505 e. The van der Waals surface area contributed by atoms with E-state index < -0.39 is 0 Å². The summed E-state index contributed by atoms with van der Waals surface area (Å²) in [6.07, 6.45) is 0. The fourth-order valence-corrected chi connectivity index (χ4v) is 4.26. The van der Waals surface area contributed by atoms with Crippen LogP contribution in [0.2, 0.25) is 0 Å². The van der Waals surface area contributed by atoms with Crippen molar-refractivity contribution in [2.45, 2.75) is 0 Å². The summed E-state index contributed by atoms with van der Waals surface area (Å²) in [5.74, 6) is 0.0464. The molecule has 1 heterocycles. The molecule has 0 aliphatic heterocycles. The Labute approximate surface area is 176 Å². The van der Waals surface area contributed by atoms with Crippen LogP contribution in [0.4, 0.5) is 11.4 Å². The molecule has 0 saturated heterocycles. The van der Waals surface area contributed by atoms with E-state index >= 15 is 0 Å². The van der Waals surface area contributed by atoms with Gasteiger partial charge in [-0.15, -0.1) is 16.5 Å². The summed E-state index contributed by atoms with van der Waals surface area (Å²) in [6, 6.07) is 26.5. The van der Waals surface area contributed by atoms with E-state index in [-0.39, 0.29) is 5.75 Å². The molecule has 6 heteroatoms. The number of benzene rings is 4. The van der Waals surface area contributed by atoms with Gasteiger partial charge in [0.2, 0.25) is 0 Å². The van der Waals surface area contributed by atoms with Gasteiger partial charge in [-0.1, -0.05) is 36.4 Å². The topological polar surface area (TPSA) is 81.6 Å². The first-order valence-corrected chi connectivity index (χ1v) is 10.1. The Morgan fingerprint density at radius 1 is 0.900 bits per heavy atom. The molecule has 0 unspecified atom stereocenters. The van der Waals surface area contributed by atoms with Crippen LogP contribution in [0.5, 0.6) is 5.75 Å². The molecule has 5 nitrogen and oxygen atoms in total. The molecule has 0 spiro atoms. The molecular formula is C24H14N4OS. The van der Waals surface area contributed by atoms with Gasteiger partial charge >= 0.3 is 0 Å². The molecule has 4 aromatic carbocycles. The summed E-state index contributed by atoms with van der Waals surface area (Å²) >= 11 is 1.53. The molecule has 142 valence electrons. The first-order chi connectivity index (χ1) is 14.7. The van der Waals surface area contributed by atoms with Gasteiger partial charge in [-0.25, -0.2) is 4.98 Å². The Kier molecular flexibility index (Phi) is 4.43. The molecule has 0 amide bonds. The van der Waals surface area contributed by atoms with Crippen LogP contribution in [0.15, 0.2) is 89.1 Å². The lowest BCUT2D eigenvalue weighted by atomic mass is 10.0. The fraction of sp³-hybridized carbons (Fsp3) is 0. The summed E-state index contributed by atoms with van der Waals surface area (Å²) < 4.78 is 1.06. The number of rotatable bonds is 3. The number of para-hydroxylation sites is 1. The third-order valence-corrected chi connectivity index (χ3v) is 5.85. The number of hydrogen-bond acceptors (Lipinski definition) is 6. The number of nitrogens with zero attached hydrogens (tertiary/aromatic N) is 4. The van der Waals surface area contributed by atoms with Gasteiger partial charge in [0.25, 0.3) is 0 Å². The van der Waals surface area contributed by atoms with E-state index in [2.05, 4.69) is 21.3 Å². The van der Waals surface area contributed by atoms with Gasteiger partial charge in [0.1, 0.15) is 10.7 Å². The molecule has 0 aliphatic carbocycles.